The SMILES string of the molecule is COc1cc(C2C[C@H](C)n3ncc(NC(=O)c4ccc(N)nc4)c3C2=O)ccc1C(F)(F)F. The van der Waals surface area contributed by atoms with Crippen molar-refractivity contribution in [1.29, 1.82) is 0 Å². The third-order valence-corrected chi connectivity index (χ3v) is 5.57. The summed E-state index contributed by atoms with van der Waals surface area (Å²) in [4.78, 5) is 29.9. The number of alkyl halides is 3. The largest absolute Gasteiger partial charge is 0.496 e. The summed E-state index contributed by atoms with van der Waals surface area (Å²) in [6.07, 6.45) is -1.57. The number of carbonyl (C=O) groups is 2. The zero-order valence-electron chi connectivity index (χ0n) is 17.7. The van der Waals surface area contributed by atoms with Gasteiger partial charge in [0.15, 0.2) is 5.78 Å². The maximum Gasteiger partial charge on any atom is 0.419 e. The van der Waals surface area contributed by atoms with Crippen molar-refractivity contribution in [3.8, 4) is 5.75 Å². The van der Waals surface area contributed by atoms with E-state index >= 15 is 0 Å². The first-order chi connectivity index (χ1) is 15.6. The lowest BCUT2D eigenvalue weighted by molar-refractivity contribution is -0.138. The highest BCUT2D eigenvalue weighted by Crippen LogP contribution is 2.42. The van der Waals surface area contributed by atoms with Gasteiger partial charge in [-0.15, -0.1) is 0 Å². The summed E-state index contributed by atoms with van der Waals surface area (Å²) in [5.74, 6) is -1.69. The highest BCUT2D eigenvalue weighted by Gasteiger charge is 2.38. The van der Waals surface area contributed by atoms with Crippen LogP contribution in [0.5, 0.6) is 5.75 Å². The number of nitrogens with zero attached hydrogens (tertiary/aromatic N) is 3. The molecule has 1 aliphatic heterocycles. The first-order valence-corrected chi connectivity index (χ1v) is 10.00. The fourth-order valence-corrected chi connectivity index (χ4v) is 3.93. The summed E-state index contributed by atoms with van der Waals surface area (Å²) in [5, 5.41) is 6.89. The number of aromatic nitrogens is 3. The monoisotopic (exact) mass is 459 g/mol. The molecule has 33 heavy (non-hydrogen) atoms. The van der Waals surface area contributed by atoms with Crippen LogP contribution in [0.15, 0.2) is 42.7 Å². The van der Waals surface area contributed by atoms with Gasteiger partial charge in [-0.05, 0) is 43.2 Å². The van der Waals surface area contributed by atoms with E-state index in [-0.39, 0.29) is 40.3 Å². The summed E-state index contributed by atoms with van der Waals surface area (Å²) in [6.45, 7) is 1.84. The maximum absolute atomic E-state index is 13.4. The van der Waals surface area contributed by atoms with Gasteiger partial charge in [-0.3, -0.25) is 14.3 Å². The van der Waals surface area contributed by atoms with Crippen molar-refractivity contribution in [3.05, 3.63) is 65.1 Å². The van der Waals surface area contributed by atoms with Crippen molar-refractivity contribution in [2.75, 3.05) is 18.2 Å². The van der Waals surface area contributed by atoms with E-state index in [1.54, 1.807) is 0 Å². The normalized spacial score (nSPS) is 18.0. The average molecular weight is 459 g/mol. The zero-order valence-corrected chi connectivity index (χ0v) is 17.7. The van der Waals surface area contributed by atoms with E-state index < -0.39 is 23.6 Å². The number of benzene rings is 1. The predicted octanol–water partition coefficient (Wildman–Crippen LogP) is 4.07. The number of hydrogen-bond acceptors (Lipinski definition) is 6. The van der Waals surface area contributed by atoms with E-state index in [1.165, 1.54) is 41.3 Å². The first-order valence-electron chi connectivity index (χ1n) is 10.00. The van der Waals surface area contributed by atoms with E-state index in [9.17, 15) is 22.8 Å². The fraction of sp³-hybridized carbons (Fsp3) is 0.273. The number of pyridine rings is 1. The second kappa shape index (κ2) is 8.23. The Balaban J connectivity index is 1.66. The molecule has 1 unspecified atom stereocenters. The third-order valence-electron chi connectivity index (χ3n) is 5.57. The number of ketones is 1. The molecule has 0 bridgehead atoms. The number of Topliss-reactive ketones (excluding diaryl/α,β-unsaturated/α-hetero) is 1. The number of nitrogens with two attached hydrogens (primary N) is 1. The van der Waals surface area contributed by atoms with Gasteiger partial charge in [-0.2, -0.15) is 18.3 Å². The van der Waals surface area contributed by atoms with Gasteiger partial charge in [0, 0.05) is 6.20 Å². The molecule has 3 heterocycles. The Kier molecular flexibility index (Phi) is 5.56. The summed E-state index contributed by atoms with van der Waals surface area (Å²) >= 11 is 0. The fourth-order valence-electron chi connectivity index (χ4n) is 3.93. The topological polar surface area (TPSA) is 112 Å². The smallest absolute Gasteiger partial charge is 0.419 e. The van der Waals surface area contributed by atoms with Crippen LogP contribution in [-0.2, 0) is 6.18 Å². The molecule has 0 fully saturated rings. The molecule has 4 rings (SSSR count). The van der Waals surface area contributed by atoms with Crippen LogP contribution in [0.4, 0.5) is 24.7 Å². The number of hydrogen-bond donors (Lipinski definition) is 2. The molecular formula is C22H20F3N5O3. The van der Waals surface area contributed by atoms with Crippen molar-refractivity contribution >= 4 is 23.2 Å². The Morgan fingerprint density at radius 1 is 1.24 bits per heavy atom. The van der Waals surface area contributed by atoms with E-state index in [4.69, 9.17) is 10.5 Å². The van der Waals surface area contributed by atoms with Gasteiger partial charge in [0.05, 0.1) is 42.1 Å². The third kappa shape index (κ3) is 4.13. The van der Waals surface area contributed by atoms with Gasteiger partial charge < -0.3 is 15.8 Å². The predicted molar refractivity (Wildman–Crippen MR) is 113 cm³/mol. The van der Waals surface area contributed by atoms with Gasteiger partial charge in [-0.25, -0.2) is 4.98 Å². The second-order valence-electron chi connectivity index (χ2n) is 7.74. The van der Waals surface area contributed by atoms with Crippen molar-refractivity contribution < 1.29 is 27.5 Å². The van der Waals surface area contributed by atoms with Gasteiger partial charge in [0.1, 0.15) is 17.3 Å². The Bertz CT molecular complexity index is 1220. The molecule has 1 aromatic carbocycles. The molecule has 2 atom stereocenters. The maximum atomic E-state index is 13.4. The molecule has 8 nitrogen and oxygen atoms in total. The molecule has 11 heteroatoms. The number of amides is 1. The van der Waals surface area contributed by atoms with Crippen LogP contribution in [-0.4, -0.2) is 33.6 Å². The molecule has 1 amide bonds. The van der Waals surface area contributed by atoms with Crippen LogP contribution in [0.2, 0.25) is 0 Å². The minimum absolute atomic E-state index is 0.175. The number of rotatable bonds is 4. The molecule has 0 spiro atoms. The molecule has 172 valence electrons. The highest BCUT2D eigenvalue weighted by atomic mass is 19.4. The number of anilines is 2. The van der Waals surface area contributed by atoms with Crippen molar-refractivity contribution in [3.63, 3.8) is 0 Å². The van der Waals surface area contributed by atoms with Crippen molar-refractivity contribution in [2.45, 2.75) is 31.5 Å². The van der Waals surface area contributed by atoms with Crippen molar-refractivity contribution in [1.82, 2.24) is 14.8 Å². The molecule has 0 radical (unpaired) electrons. The minimum atomic E-state index is -4.58. The van der Waals surface area contributed by atoms with E-state index in [0.29, 0.717) is 12.0 Å². The number of nitrogens with one attached hydrogen (secondary N) is 1. The van der Waals surface area contributed by atoms with Crippen LogP contribution in [0.25, 0.3) is 0 Å². The summed E-state index contributed by atoms with van der Waals surface area (Å²) in [5.41, 5.74) is 5.64. The van der Waals surface area contributed by atoms with Gasteiger partial charge in [-0.1, -0.05) is 6.07 Å². The standard InChI is InChI=1S/C22H20F3N5O3/c1-11-7-14(12-3-5-15(22(23,24)25)17(8-12)33-2)20(31)19-16(10-28-30(11)19)29-21(32)13-4-6-18(26)27-9-13/h3-6,8-11,14H,7H2,1-2H3,(H2,26,27)(H,29,32)/t11-,14?/m0/s1. The number of ether oxygens (including phenoxy) is 1. The zero-order chi connectivity index (χ0) is 23.9. The van der Waals surface area contributed by atoms with E-state index in [1.807, 2.05) is 6.92 Å². The molecule has 1 aliphatic rings. The lowest BCUT2D eigenvalue weighted by Gasteiger charge is -2.28. The molecule has 0 saturated heterocycles. The number of fused-ring (bicyclic) bond motifs is 1. The van der Waals surface area contributed by atoms with Gasteiger partial charge in [0.25, 0.3) is 5.91 Å². The first kappa shape index (κ1) is 22.3. The van der Waals surface area contributed by atoms with Crippen LogP contribution >= 0.6 is 0 Å². The molecule has 3 aromatic rings. The highest BCUT2D eigenvalue weighted by molar-refractivity contribution is 6.10. The molecule has 3 N–H and O–H groups in total. The Morgan fingerprint density at radius 3 is 2.64 bits per heavy atom. The molecule has 0 saturated carbocycles. The van der Waals surface area contributed by atoms with Crippen LogP contribution < -0.4 is 15.8 Å². The van der Waals surface area contributed by atoms with Crippen LogP contribution in [0, 0.1) is 0 Å². The molecule has 2 aromatic heterocycles. The Morgan fingerprint density at radius 2 is 2.00 bits per heavy atom. The molecular weight excluding hydrogens is 439 g/mol. The second-order valence-corrected chi connectivity index (χ2v) is 7.74. The number of halogens is 3. The summed E-state index contributed by atoms with van der Waals surface area (Å²) in [7, 11) is 1.15. The number of methoxy groups -OCH3 is 1. The molecule has 0 aliphatic carbocycles. The van der Waals surface area contributed by atoms with Gasteiger partial charge in [0.2, 0.25) is 0 Å². The average Bonchev–Trinajstić information content (AvgIpc) is 3.20. The van der Waals surface area contributed by atoms with Gasteiger partial charge >= 0.3 is 6.18 Å². The summed E-state index contributed by atoms with van der Waals surface area (Å²) in [6, 6.07) is 6.17. The summed E-state index contributed by atoms with van der Waals surface area (Å²) < 4.78 is 46.1. The van der Waals surface area contributed by atoms with Crippen molar-refractivity contribution in [2.24, 2.45) is 0 Å². The Hall–Kier alpha value is -3.89. The van der Waals surface area contributed by atoms with Crippen LogP contribution in [0.3, 0.4) is 0 Å². The lowest BCUT2D eigenvalue weighted by atomic mass is 9.84. The lowest BCUT2D eigenvalue weighted by Crippen LogP contribution is -2.29. The Labute approximate surface area is 186 Å². The van der Waals surface area contributed by atoms with E-state index in [2.05, 4.69) is 15.4 Å². The minimum Gasteiger partial charge on any atom is -0.496 e. The van der Waals surface area contributed by atoms with E-state index in [0.717, 1.165) is 13.2 Å². The quantitative estimate of drug-likeness (QED) is 0.608. The van der Waals surface area contributed by atoms with Crippen LogP contribution in [0.1, 0.15) is 57.3 Å². The number of nitrogen functional groups attached to an aromatic ring is 1. The number of carbonyl (C=O) groups excluding carboxylic acids is 2.